The fourth-order valence-electron chi connectivity index (χ4n) is 1.87. The van der Waals surface area contributed by atoms with Crippen LogP contribution >= 0.6 is 15.9 Å². The van der Waals surface area contributed by atoms with Gasteiger partial charge in [0, 0.05) is 12.6 Å². The number of carbonyl (C=O) groups is 1. The summed E-state index contributed by atoms with van der Waals surface area (Å²) < 4.78 is 0.645. The van der Waals surface area contributed by atoms with Gasteiger partial charge in [0.15, 0.2) is 0 Å². The van der Waals surface area contributed by atoms with E-state index in [-0.39, 0.29) is 11.8 Å². The van der Waals surface area contributed by atoms with Gasteiger partial charge in [0.25, 0.3) is 0 Å². The number of aromatic nitrogens is 1. The van der Waals surface area contributed by atoms with E-state index in [1.807, 2.05) is 6.07 Å². The molecule has 3 N–H and O–H groups in total. The molecule has 1 amide bonds. The van der Waals surface area contributed by atoms with Crippen LogP contribution in [0.1, 0.15) is 26.7 Å². The van der Waals surface area contributed by atoms with Gasteiger partial charge in [-0.1, -0.05) is 13.8 Å². The summed E-state index contributed by atoms with van der Waals surface area (Å²) in [5, 5.41) is 2.84. The zero-order valence-corrected chi connectivity index (χ0v) is 12.4. The largest absolute Gasteiger partial charge is 0.330 e. The maximum atomic E-state index is 11.9. The van der Waals surface area contributed by atoms with E-state index in [1.165, 1.54) is 0 Å². The minimum Gasteiger partial charge on any atom is -0.330 e. The average molecular weight is 314 g/mol. The molecule has 0 saturated heterocycles. The number of hydrogen-bond acceptors (Lipinski definition) is 3. The Morgan fingerprint density at radius 1 is 1.56 bits per heavy atom. The average Bonchev–Trinajstić information content (AvgIpc) is 2.30. The molecule has 0 aliphatic heterocycles. The lowest BCUT2D eigenvalue weighted by molar-refractivity contribution is -0.117. The second-order valence-electron chi connectivity index (χ2n) is 4.83. The molecular weight excluding hydrogens is 294 g/mol. The van der Waals surface area contributed by atoms with Crippen molar-refractivity contribution in [3.63, 3.8) is 0 Å². The standard InChI is InChI=1S/C13H20BrN3O/c1-9(2)6-10(8-15)7-12(18)17-11-4-3-5-16-13(11)14/h3-5,9-10H,6-8,15H2,1-2H3,(H,17,18)/t10-/m0/s1. The van der Waals surface area contributed by atoms with Crippen LogP contribution in [-0.2, 0) is 4.79 Å². The molecule has 0 spiro atoms. The summed E-state index contributed by atoms with van der Waals surface area (Å²) in [4.78, 5) is 16.0. The second-order valence-corrected chi connectivity index (χ2v) is 5.58. The minimum absolute atomic E-state index is 0.0141. The molecule has 0 unspecified atom stereocenters. The predicted molar refractivity (Wildman–Crippen MR) is 77.2 cm³/mol. The SMILES string of the molecule is CC(C)C[C@H](CN)CC(=O)Nc1cccnc1Br. The molecule has 1 rings (SSSR count). The highest BCUT2D eigenvalue weighted by Gasteiger charge is 2.14. The molecule has 0 fully saturated rings. The van der Waals surface area contributed by atoms with Gasteiger partial charge in [-0.15, -0.1) is 0 Å². The molecule has 18 heavy (non-hydrogen) atoms. The molecule has 1 aromatic heterocycles. The van der Waals surface area contributed by atoms with Crippen LogP contribution < -0.4 is 11.1 Å². The van der Waals surface area contributed by atoms with Crippen molar-refractivity contribution in [2.24, 2.45) is 17.6 Å². The van der Waals surface area contributed by atoms with Gasteiger partial charge in [-0.25, -0.2) is 4.98 Å². The normalized spacial score (nSPS) is 12.5. The zero-order valence-electron chi connectivity index (χ0n) is 10.8. The fourth-order valence-corrected chi connectivity index (χ4v) is 2.22. The highest BCUT2D eigenvalue weighted by Crippen LogP contribution is 2.20. The molecule has 100 valence electrons. The summed E-state index contributed by atoms with van der Waals surface area (Å²) in [5.74, 6) is 0.775. The molecule has 5 heteroatoms. The van der Waals surface area contributed by atoms with Crippen LogP contribution in [-0.4, -0.2) is 17.4 Å². The number of anilines is 1. The first kappa shape index (κ1) is 15.1. The second kappa shape index (κ2) is 7.48. The Bertz CT molecular complexity index is 396. The van der Waals surface area contributed by atoms with Gasteiger partial charge < -0.3 is 11.1 Å². The van der Waals surface area contributed by atoms with E-state index in [0.29, 0.717) is 29.2 Å². The van der Waals surface area contributed by atoms with Crippen molar-refractivity contribution >= 4 is 27.5 Å². The Morgan fingerprint density at radius 2 is 2.28 bits per heavy atom. The van der Waals surface area contributed by atoms with Crippen molar-refractivity contribution in [1.82, 2.24) is 4.98 Å². The Kier molecular flexibility index (Phi) is 6.29. The Hall–Kier alpha value is -0.940. The lowest BCUT2D eigenvalue weighted by atomic mass is 9.94. The highest BCUT2D eigenvalue weighted by molar-refractivity contribution is 9.10. The van der Waals surface area contributed by atoms with E-state index in [0.717, 1.165) is 6.42 Å². The van der Waals surface area contributed by atoms with E-state index < -0.39 is 0 Å². The molecule has 4 nitrogen and oxygen atoms in total. The summed E-state index contributed by atoms with van der Waals surface area (Å²) in [6.45, 7) is 4.82. The number of nitrogens with zero attached hydrogens (tertiary/aromatic N) is 1. The van der Waals surface area contributed by atoms with Crippen LogP contribution in [0.2, 0.25) is 0 Å². The van der Waals surface area contributed by atoms with E-state index >= 15 is 0 Å². The van der Waals surface area contributed by atoms with Crippen molar-refractivity contribution in [3.05, 3.63) is 22.9 Å². The van der Waals surface area contributed by atoms with Gasteiger partial charge in [0.05, 0.1) is 5.69 Å². The number of rotatable bonds is 6. The maximum absolute atomic E-state index is 11.9. The van der Waals surface area contributed by atoms with Gasteiger partial charge in [-0.3, -0.25) is 4.79 Å². The van der Waals surface area contributed by atoms with E-state index in [2.05, 4.69) is 40.1 Å². The van der Waals surface area contributed by atoms with Gasteiger partial charge >= 0.3 is 0 Å². The topological polar surface area (TPSA) is 68.0 Å². The van der Waals surface area contributed by atoms with Crippen molar-refractivity contribution in [2.75, 3.05) is 11.9 Å². The van der Waals surface area contributed by atoms with Crippen LogP contribution in [0.25, 0.3) is 0 Å². The third kappa shape index (κ3) is 5.14. The lowest BCUT2D eigenvalue weighted by Gasteiger charge is -2.16. The molecule has 0 aliphatic carbocycles. The first-order valence-corrected chi connectivity index (χ1v) is 6.92. The zero-order chi connectivity index (χ0) is 13.5. The molecule has 1 aromatic rings. The van der Waals surface area contributed by atoms with Crippen LogP contribution in [0.4, 0.5) is 5.69 Å². The van der Waals surface area contributed by atoms with Crippen molar-refractivity contribution in [3.8, 4) is 0 Å². The van der Waals surface area contributed by atoms with E-state index in [4.69, 9.17) is 5.73 Å². The van der Waals surface area contributed by atoms with Crippen molar-refractivity contribution in [2.45, 2.75) is 26.7 Å². The Balaban J connectivity index is 2.53. The number of carbonyl (C=O) groups excluding carboxylic acids is 1. The van der Waals surface area contributed by atoms with Crippen LogP contribution in [0.3, 0.4) is 0 Å². The van der Waals surface area contributed by atoms with Gasteiger partial charge in [-0.05, 0) is 52.9 Å². The quantitative estimate of drug-likeness (QED) is 0.793. The number of hydrogen-bond donors (Lipinski definition) is 2. The number of nitrogens with one attached hydrogen (secondary N) is 1. The maximum Gasteiger partial charge on any atom is 0.224 e. The Labute approximate surface area is 116 Å². The van der Waals surface area contributed by atoms with E-state index in [9.17, 15) is 4.79 Å². The molecule has 1 heterocycles. The smallest absolute Gasteiger partial charge is 0.224 e. The van der Waals surface area contributed by atoms with Crippen LogP contribution in [0.15, 0.2) is 22.9 Å². The Morgan fingerprint density at radius 3 is 2.83 bits per heavy atom. The fraction of sp³-hybridized carbons (Fsp3) is 0.538. The summed E-state index contributed by atoms with van der Waals surface area (Å²) in [6.07, 6.45) is 3.09. The lowest BCUT2D eigenvalue weighted by Crippen LogP contribution is -2.23. The van der Waals surface area contributed by atoms with Crippen molar-refractivity contribution < 1.29 is 4.79 Å². The predicted octanol–water partition coefficient (Wildman–Crippen LogP) is 2.79. The minimum atomic E-state index is -0.0141. The molecule has 0 radical (unpaired) electrons. The summed E-state index contributed by atoms with van der Waals surface area (Å²) in [5.41, 5.74) is 6.39. The number of amides is 1. The molecule has 0 aliphatic rings. The van der Waals surface area contributed by atoms with Gasteiger partial charge in [-0.2, -0.15) is 0 Å². The first-order chi connectivity index (χ1) is 8.52. The first-order valence-electron chi connectivity index (χ1n) is 6.13. The molecule has 0 aromatic carbocycles. The third-order valence-electron chi connectivity index (χ3n) is 2.65. The van der Waals surface area contributed by atoms with Crippen molar-refractivity contribution in [1.29, 1.82) is 0 Å². The molecule has 0 saturated carbocycles. The molecular formula is C13H20BrN3O. The summed E-state index contributed by atoms with van der Waals surface area (Å²) >= 11 is 3.30. The number of pyridine rings is 1. The van der Waals surface area contributed by atoms with E-state index in [1.54, 1.807) is 12.3 Å². The highest BCUT2D eigenvalue weighted by atomic mass is 79.9. The van der Waals surface area contributed by atoms with Crippen LogP contribution in [0, 0.1) is 11.8 Å². The van der Waals surface area contributed by atoms with Crippen LogP contribution in [0.5, 0.6) is 0 Å². The monoisotopic (exact) mass is 313 g/mol. The molecule has 1 atom stereocenters. The summed E-state index contributed by atoms with van der Waals surface area (Å²) in [7, 11) is 0. The van der Waals surface area contributed by atoms with Gasteiger partial charge in [0.1, 0.15) is 4.60 Å². The van der Waals surface area contributed by atoms with Gasteiger partial charge in [0.2, 0.25) is 5.91 Å². The number of halogens is 1. The number of nitrogens with two attached hydrogens (primary N) is 1. The third-order valence-corrected chi connectivity index (χ3v) is 3.28. The molecule has 0 bridgehead atoms. The summed E-state index contributed by atoms with van der Waals surface area (Å²) in [6, 6.07) is 3.60.